The summed E-state index contributed by atoms with van der Waals surface area (Å²) in [6, 6.07) is 4.54. The van der Waals surface area contributed by atoms with Crippen molar-refractivity contribution in [3.05, 3.63) is 40.5 Å². The van der Waals surface area contributed by atoms with Crippen LogP contribution in [0.5, 0.6) is 0 Å². The second-order valence-electron chi connectivity index (χ2n) is 3.76. The van der Waals surface area contributed by atoms with Gasteiger partial charge in [0.05, 0.1) is 0 Å². The molecule has 0 aliphatic rings. The molecule has 0 saturated heterocycles. The van der Waals surface area contributed by atoms with Gasteiger partial charge in [0, 0.05) is 5.88 Å². The first-order chi connectivity index (χ1) is 7.22. The molecule has 0 nitrogen and oxygen atoms in total. The lowest BCUT2D eigenvalue weighted by Gasteiger charge is -2.11. The first kappa shape index (κ1) is 12.3. The first-order valence-corrected chi connectivity index (χ1v) is 6.11. The number of rotatable bonds is 4. The molecule has 0 atom stereocenters. The average molecular weight is 223 g/mol. The molecular weight excluding hydrogens is 204 g/mol. The van der Waals surface area contributed by atoms with Gasteiger partial charge in [-0.05, 0) is 36.5 Å². The zero-order valence-electron chi connectivity index (χ0n) is 9.81. The fraction of sp³-hybridized carbons (Fsp3) is 0.429. The zero-order chi connectivity index (χ0) is 11.3. The van der Waals surface area contributed by atoms with Gasteiger partial charge in [0.15, 0.2) is 0 Å². The van der Waals surface area contributed by atoms with Crippen molar-refractivity contribution < 1.29 is 0 Å². The molecule has 1 heteroatoms. The molecular formula is C14H19Cl. The highest BCUT2D eigenvalue weighted by atomic mass is 35.5. The van der Waals surface area contributed by atoms with E-state index >= 15 is 0 Å². The fourth-order valence-electron chi connectivity index (χ4n) is 1.91. The van der Waals surface area contributed by atoms with Crippen LogP contribution in [0.2, 0.25) is 0 Å². The molecule has 0 unspecified atom stereocenters. The summed E-state index contributed by atoms with van der Waals surface area (Å²) < 4.78 is 0. The molecule has 0 heterocycles. The van der Waals surface area contributed by atoms with Gasteiger partial charge >= 0.3 is 0 Å². The van der Waals surface area contributed by atoms with Gasteiger partial charge in [-0.3, -0.25) is 0 Å². The lowest BCUT2D eigenvalue weighted by molar-refractivity contribution is 1.07. The highest BCUT2D eigenvalue weighted by molar-refractivity contribution is 6.19. The fourth-order valence-corrected chi connectivity index (χ4v) is 2.00. The standard InChI is InChI=1S/C14H19Cl/c1-4-12-9-11(3)10-13(5-2)14(12)7-6-8-15/h6-7,9-10H,4-5,8H2,1-3H3. The van der Waals surface area contributed by atoms with Crippen LogP contribution in [0.1, 0.15) is 36.1 Å². The Balaban J connectivity index is 3.24. The Morgan fingerprint density at radius 2 is 1.67 bits per heavy atom. The lowest BCUT2D eigenvalue weighted by Crippen LogP contribution is -1.95. The monoisotopic (exact) mass is 222 g/mol. The summed E-state index contributed by atoms with van der Waals surface area (Å²) in [5, 5.41) is 0. The normalized spacial score (nSPS) is 11.2. The van der Waals surface area contributed by atoms with Crippen LogP contribution in [0.3, 0.4) is 0 Å². The number of halogens is 1. The third kappa shape index (κ3) is 3.10. The smallest absolute Gasteiger partial charge is 0.0407 e. The molecule has 1 aromatic rings. The second-order valence-corrected chi connectivity index (χ2v) is 4.07. The number of hydrogen-bond acceptors (Lipinski definition) is 0. The summed E-state index contributed by atoms with van der Waals surface area (Å²) in [7, 11) is 0. The Hall–Kier alpha value is -0.750. The highest BCUT2D eigenvalue weighted by Crippen LogP contribution is 2.20. The molecule has 0 amide bonds. The molecule has 0 radical (unpaired) electrons. The van der Waals surface area contributed by atoms with Crippen molar-refractivity contribution in [1.29, 1.82) is 0 Å². The largest absolute Gasteiger partial charge is 0.122 e. The number of benzene rings is 1. The maximum absolute atomic E-state index is 5.69. The third-order valence-corrected chi connectivity index (χ3v) is 2.81. The van der Waals surface area contributed by atoms with E-state index in [0.29, 0.717) is 5.88 Å². The molecule has 0 aromatic heterocycles. The van der Waals surface area contributed by atoms with E-state index in [2.05, 4.69) is 39.0 Å². The van der Waals surface area contributed by atoms with E-state index in [1.165, 1.54) is 22.3 Å². The van der Waals surface area contributed by atoms with E-state index in [4.69, 9.17) is 11.6 Å². The molecule has 1 aromatic carbocycles. The summed E-state index contributed by atoms with van der Waals surface area (Å²) in [6.07, 6.45) is 6.34. The molecule has 15 heavy (non-hydrogen) atoms. The van der Waals surface area contributed by atoms with E-state index in [-0.39, 0.29) is 0 Å². The van der Waals surface area contributed by atoms with Crippen LogP contribution in [-0.4, -0.2) is 5.88 Å². The Morgan fingerprint density at radius 3 is 2.07 bits per heavy atom. The molecule has 0 spiro atoms. The molecule has 0 aliphatic carbocycles. The van der Waals surface area contributed by atoms with Crippen molar-refractivity contribution in [2.75, 3.05) is 5.88 Å². The quantitative estimate of drug-likeness (QED) is 0.664. The highest BCUT2D eigenvalue weighted by Gasteiger charge is 2.04. The minimum absolute atomic E-state index is 0.584. The maximum atomic E-state index is 5.69. The summed E-state index contributed by atoms with van der Waals surface area (Å²) in [5.74, 6) is 0.584. The Kier molecular flexibility index (Phi) is 4.90. The van der Waals surface area contributed by atoms with Crippen molar-refractivity contribution >= 4 is 17.7 Å². The third-order valence-electron chi connectivity index (χ3n) is 2.63. The minimum atomic E-state index is 0.584. The van der Waals surface area contributed by atoms with Crippen LogP contribution < -0.4 is 0 Å². The van der Waals surface area contributed by atoms with Gasteiger partial charge < -0.3 is 0 Å². The van der Waals surface area contributed by atoms with Crippen molar-refractivity contribution in [3.8, 4) is 0 Å². The predicted molar refractivity (Wildman–Crippen MR) is 69.7 cm³/mol. The predicted octanol–water partition coefficient (Wildman–Crippen LogP) is 4.37. The zero-order valence-corrected chi connectivity index (χ0v) is 10.6. The summed E-state index contributed by atoms with van der Waals surface area (Å²) in [6.45, 7) is 6.56. The number of hydrogen-bond donors (Lipinski definition) is 0. The lowest BCUT2D eigenvalue weighted by atomic mass is 9.95. The van der Waals surface area contributed by atoms with Crippen LogP contribution >= 0.6 is 11.6 Å². The molecule has 0 bridgehead atoms. The van der Waals surface area contributed by atoms with Crippen molar-refractivity contribution in [2.24, 2.45) is 0 Å². The van der Waals surface area contributed by atoms with E-state index in [1.54, 1.807) is 0 Å². The number of allylic oxidation sites excluding steroid dienone is 1. The summed E-state index contributed by atoms with van der Waals surface area (Å²) >= 11 is 5.69. The van der Waals surface area contributed by atoms with E-state index in [9.17, 15) is 0 Å². The number of aryl methyl sites for hydroxylation is 3. The van der Waals surface area contributed by atoms with Crippen LogP contribution in [0, 0.1) is 6.92 Å². The van der Waals surface area contributed by atoms with Gasteiger partial charge in [-0.2, -0.15) is 0 Å². The molecule has 0 saturated carbocycles. The maximum Gasteiger partial charge on any atom is 0.0407 e. The molecule has 0 fully saturated rings. The average Bonchev–Trinajstić information content (AvgIpc) is 2.26. The second kappa shape index (κ2) is 5.97. The summed E-state index contributed by atoms with van der Waals surface area (Å²) in [5.41, 5.74) is 5.57. The van der Waals surface area contributed by atoms with Crippen molar-refractivity contribution in [3.63, 3.8) is 0 Å². The molecule has 0 aliphatic heterocycles. The van der Waals surface area contributed by atoms with Crippen molar-refractivity contribution in [1.82, 2.24) is 0 Å². The summed E-state index contributed by atoms with van der Waals surface area (Å²) in [4.78, 5) is 0. The molecule has 0 N–H and O–H groups in total. The van der Waals surface area contributed by atoms with E-state index < -0.39 is 0 Å². The number of alkyl halides is 1. The van der Waals surface area contributed by atoms with Gasteiger partial charge in [-0.1, -0.05) is 43.7 Å². The van der Waals surface area contributed by atoms with Crippen LogP contribution in [0.15, 0.2) is 18.2 Å². The van der Waals surface area contributed by atoms with Gasteiger partial charge in [-0.25, -0.2) is 0 Å². The molecule has 1 rings (SSSR count). The van der Waals surface area contributed by atoms with E-state index in [0.717, 1.165) is 12.8 Å². The SMILES string of the molecule is CCc1cc(C)cc(CC)c1C=CCCl. The first-order valence-electron chi connectivity index (χ1n) is 5.57. The van der Waals surface area contributed by atoms with Crippen molar-refractivity contribution in [2.45, 2.75) is 33.6 Å². The Labute approximate surface area is 98.0 Å². The van der Waals surface area contributed by atoms with Crippen LogP contribution in [-0.2, 0) is 12.8 Å². The van der Waals surface area contributed by atoms with Gasteiger partial charge in [0.2, 0.25) is 0 Å². The Morgan fingerprint density at radius 1 is 1.13 bits per heavy atom. The van der Waals surface area contributed by atoms with Crippen LogP contribution in [0.25, 0.3) is 6.08 Å². The minimum Gasteiger partial charge on any atom is -0.122 e. The van der Waals surface area contributed by atoms with Gasteiger partial charge in [-0.15, -0.1) is 11.6 Å². The van der Waals surface area contributed by atoms with Crippen LogP contribution in [0.4, 0.5) is 0 Å². The van der Waals surface area contributed by atoms with Gasteiger partial charge in [0.1, 0.15) is 0 Å². The topological polar surface area (TPSA) is 0 Å². The Bertz CT molecular complexity index is 325. The van der Waals surface area contributed by atoms with Gasteiger partial charge in [0.25, 0.3) is 0 Å². The molecule has 82 valence electrons. The van der Waals surface area contributed by atoms with E-state index in [1.807, 2.05) is 6.08 Å².